The minimum atomic E-state index is -0.310. The van der Waals surface area contributed by atoms with E-state index >= 15 is 0 Å². The van der Waals surface area contributed by atoms with Gasteiger partial charge in [0, 0.05) is 31.9 Å². The number of rotatable bonds is 9. The van der Waals surface area contributed by atoms with Crippen LogP contribution in [0.1, 0.15) is 24.9 Å². The van der Waals surface area contributed by atoms with Crippen molar-refractivity contribution in [1.29, 1.82) is 0 Å². The van der Waals surface area contributed by atoms with Gasteiger partial charge in [-0.3, -0.25) is 0 Å². The van der Waals surface area contributed by atoms with Gasteiger partial charge in [-0.15, -0.1) is 0 Å². The van der Waals surface area contributed by atoms with Crippen molar-refractivity contribution in [2.75, 3.05) is 33.5 Å². The third-order valence-corrected chi connectivity index (χ3v) is 2.58. The summed E-state index contributed by atoms with van der Waals surface area (Å²) in [5.74, 6) is 0.298. The Labute approximate surface area is 113 Å². The smallest absolute Gasteiger partial charge is 0.124 e. The molecule has 0 fully saturated rings. The average Bonchev–Trinajstić information content (AvgIpc) is 2.39. The normalized spacial score (nSPS) is 12.4. The second-order valence-corrected chi connectivity index (χ2v) is 4.28. The molecule has 0 spiro atoms. The third kappa shape index (κ3) is 6.00. The molecule has 108 valence electrons. The SMILES string of the molecule is COCCCOCCOc1ccc(F)cc1C(C)N. The number of benzene rings is 1. The van der Waals surface area contributed by atoms with Crippen LogP contribution in [0.3, 0.4) is 0 Å². The predicted octanol–water partition coefficient (Wildman–Crippen LogP) is 2.28. The molecule has 0 heterocycles. The molecule has 1 atom stereocenters. The topological polar surface area (TPSA) is 53.7 Å². The lowest BCUT2D eigenvalue weighted by Gasteiger charge is -2.14. The molecule has 5 heteroatoms. The Kier molecular flexibility index (Phi) is 7.40. The third-order valence-electron chi connectivity index (χ3n) is 2.58. The first-order valence-corrected chi connectivity index (χ1v) is 6.39. The summed E-state index contributed by atoms with van der Waals surface area (Å²) in [6.45, 7) is 4.02. The highest BCUT2D eigenvalue weighted by Crippen LogP contribution is 2.24. The first-order valence-electron chi connectivity index (χ1n) is 6.39. The Hall–Kier alpha value is -1.17. The summed E-state index contributed by atoms with van der Waals surface area (Å²) in [7, 11) is 1.66. The summed E-state index contributed by atoms with van der Waals surface area (Å²) in [6.07, 6.45) is 0.859. The Morgan fingerprint density at radius 1 is 1.21 bits per heavy atom. The van der Waals surface area contributed by atoms with E-state index in [0.29, 0.717) is 37.7 Å². The first-order chi connectivity index (χ1) is 9.15. The molecule has 0 aromatic heterocycles. The molecule has 0 aliphatic rings. The molecule has 0 saturated heterocycles. The van der Waals surface area contributed by atoms with Crippen LogP contribution in [0.4, 0.5) is 4.39 Å². The van der Waals surface area contributed by atoms with Crippen LogP contribution in [0.2, 0.25) is 0 Å². The molecule has 0 saturated carbocycles. The van der Waals surface area contributed by atoms with Crippen molar-refractivity contribution in [3.8, 4) is 5.75 Å². The maximum absolute atomic E-state index is 13.1. The van der Waals surface area contributed by atoms with Gasteiger partial charge in [-0.05, 0) is 31.5 Å². The quantitative estimate of drug-likeness (QED) is 0.700. The van der Waals surface area contributed by atoms with Crippen molar-refractivity contribution < 1.29 is 18.6 Å². The van der Waals surface area contributed by atoms with E-state index in [-0.39, 0.29) is 11.9 Å². The molecule has 2 N–H and O–H groups in total. The maximum Gasteiger partial charge on any atom is 0.124 e. The maximum atomic E-state index is 13.1. The Morgan fingerprint density at radius 3 is 2.68 bits per heavy atom. The van der Waals surface area contributed by atoms with Crippen LogP contribution in [-0.2, 0) is 9.47 Å². The van der Waals surface area contributed by atoms with Gasteiger partial charge in [-0.2, -0.15) is 0 Å². The van der Waals surface area contributed by atoms with Crippen molar-refractivity contribution >= 4 is 0 Å². The molecule has 1 unspecified atom stereocenters. The van der Waals surface area contributed by atoms with Gasteiger partial charge in [-0.1, -0.05) is 0 Å². The zero-order valence-electron chi connectivity index (χ0n) is 11.5. The molecule has 4 nitrogen and oxygen atoms in total. The van der Waals surface area contributed by atoms with Gasteiger partial charge < -0.3 is 19.9 Å². The van der Waals surface area contributed by atoms with Crippen LogP contribution in [-0.4, -0.2) is 33.5 Å². The van der Waals surface area contributed by atoms with Gasteiger partial charge >= 0.3 is 0 Å². The van der Waals surface area contributed by atoms with E-state index in [1.54, 1.807) is 20.1 Å². The van der Waals surface area contributed by atoms with Crippen LogP contribution >= 0.6 is 0 Å². The molecule has 19 heavy (non-hydrogen) atoms. The summed E-state index contributed by atoms with van der Waals surface area (Å²) < 4.78 is 29.0. The Morgan fingerprint density at radius 2 is 2.00 bits per heavy atom. The van der Waals surface area contributed by atoms with Crippen LogP contribution < -0.4 is 10.5 Å². The lowest BCUT2D eigenvalue weighted by atomic mass is 10.1. The van der Waals surface area contributed by atoms with E-state index < -0.39 is 0 Å². The lowest BCUT2D eigenvalue weighted by Crippen LogP contribution is -2.12. The zero-order chi connectivity index (χ0) is 14.1. The summed E-state index contributed by atoms with van der Waals surface area (Å²) >= 11 is 0. The molecular formula is C14H22FNO3. The number of methoxy groups -OCH3 is 1. The number of halogens is 1. The van der Waals surface area contributed by atoms with Gasteiger partial charge in [0.2, 0.25) is 0 Å². The van der Waals surface area contributed by atoms with Crippen molar-refractivity contribution in [1.82, 2.24) is 0 Å². The molecule has 0 aliphatic heterocycles. The summed E-state index contributed by atoms with van der Waals surface area (Å²) in [5.41, 5.74) is 6.44. The first kappa shape index (κ1) is 15.9. The number of ether oxygens (including phenoxy) is 3. The fourth-order valence-corrected chi connectivity index (χ4v) is 1.62. The summed E-state index contributed by atoms with van der Waals surface area (Å²) in [5, 5.41) is 0. The number of hydrogen-bond donors (Lipinski definition) is 1. The van der Waals surface area contributed by atoms with E-state index in [9.17, 15) is 4.39 Å². The van der Waals surface area contributed by atoms with E-state index in [1.807, 2.05) is 0 Å². The highest BCUT2D eigenvalue weighted by molar-refractivity contribution is 5.36. The fourth-order valence-electron chi connectivity index (χ4n) is 1.62. The van der Waals surface area contributed by atoms with Gasteiger partial charge in [0.1, 0.15) is 18.2 Å². The molecular weight excluding hydrogens is 249 g/mol. The molecule has 1 aromatic carbocycles. The van der Waals surface area contributed by atoms with Crippen LogP contribution in [0.5, 0.6) is 5.75 Å². The second kappa shape index (κ2) is 8.85. The van der Waals surface area contributed by atoms with Crippen molar-refractivity contribution in [3.05, 3.63) is 29.6 Å². The minimum absolute atomic E-state index is 0.270. The van der Waals surface area contributed by atoms with Crippen LogP contribution in [0.25, 0.3) is 0 Å². The van der Waals surface area contributed by atoms with E-state index in [0.717, 1.165) is 6.42 Å². The molecule has 0 bridgehead atoms. The monoisotopic (exact) mass is 271 g/mol. The Balaban J connectivity index is 2.33. The number of hydrogen-bond acceptors (Lipinski definition) is 4. The molecule has 0 radical (unpaired) electrons. The highest BCUT2D eigenvalue weighted by Gasteiger charge is 2.09. The summed E-state index contributed by atoms with van der Waals surface area (Å²) in [4.78, 5) is 0. The van der Waals surface area contributed by atoms with Crippen molar-refractivity contribution in [2.45, 2.75) is 19.4 Å². The van der Waals surface area contributed by atoms with Crippen molar-refractivity contribution in [3.63, 3.8) is 0 Å². The van der Waals surface area contributed by atoms with E-state index in [2.05, 4.69) is 0 Å². The molecule has 0 amide bonds. The van der Waals surface area contributed by atoms with Gasteiger partial charge in [0.15, 0.2) is 0 Å². The molecule has 0 aliphatic carbocycles. The highest BCUT2D eigenvalue weighted by atomic mass is 19.1. The van der Waals surface area contributed by atoms with Gasteiger partial charge in [-0.25, -0.2) is 4.39 Å². The molecule has 1 aromatic rings. The Bertz CT molecular complexity index is 372. The largest absolute Gasteiger partial charge is 0.491 e. The standard InChI is InChI=1S/C14H22FNO3/c1-11(16)13-10-12(15)4-5-14(13)19-9-8-18-7-3-6-17-2/h4-5,10-11H,3,6-9,16H2,1-2H3. The van der Waals surface area contributed by atoms with E-state index in [1.165, 1.54) is 12.1 Å². The molecule has 1 rings (SSSR count). The average molecular weight is 271 g/mol. The van der Waals surface area contributed by atoms with Crippen molar-refractivity contribution in [2.24, 2.45) is 5.73 Å². The predicted molar refractivity (Wildman–Crippen MR) is 71.8 cm³/mol. The van der Waals surface area contributed by atoms with Gasteiger partial charge in [0.25, 0.3) is 0 Å². The number of nitrogens with two attached hydrogens (primary N) is 1. The van der Waals surface area contributed by atoms with Crippen LogP contribution in [0, 0.1) is 5.82 Å². The van der Waals surface area contributed by atoms with E-state index in [4.69, 9.17) is 19.9 Å². The fraction of sp³-hybridized carbons (Fsp3) is 0.571. The minimum Gasteiger partial charge on any atom is -0.491 e. The van der Waals surface area contributed by atoms with Crippen LogP contribution in [0.15, 0.2) is 18.2 Å². The zero-order valence-corrected chi connectivity index (χ0v) is 11.5. The van der Waals surface area contributed by atoms with Gasteiger partial charge in [0.05, 0.1) is 6.61 Å². The lowest BCUT2D eigenvalue weighted by molar-refractivity contribution is 0.0803. The summed E-state index contributed by atoms with van der Waals surface area (Å²) in [6, 6.07) is 4.09. The second-order valence-electron chi connectivity index (χ2n) is 4.28.